The maximum Gasteiger partial charge on any atom is 0.392 e. The van der Waals surface area contributed by atoms with Gasteiger partial charge in [-0.15, -0.1) is 0 Å². The van der Waals surface area contributed by atoms with Crippen LogP contribution >= 0.6 is 0 Å². The molecule has 0 saturated carbocycles. The van der Waals surface area contributed by atoms with Gasteiger partial charge in [0.25, 0.3) is 0 Å². The quantitative estimate of drug-likeness (QED) is 0.782. The van der Waals surface area contributed by atoms with Gasteiger partial charge in [-0.25, -0.2) is 4.79 Å². The molecule has 0 saturated heterocycles. The van der Waals surface area contributed by atoms with Crippen molar-refractivity contribution in [3.05, 3.63) is 23.8 Å². The van der Waals surface area contributed by atoms with Crippen molar-refractivity contribution in [2.24, 2.45) is 0 Å². The van der Waals surface area contributed by atoms with E-state index in [1.807, 2.05) is 0 Å². The summed E-state index contributed by atoms with van der Waals surface area (Å²) in [5, 5.41) is 0. The van der Waals surface area contributed by atoms with E-state index < -0.39 is 24.7 Å². The molecule has 20 heavy (non-hydrogen) atoms. The second kappa shape index (κ2) is 6.49. The molecule has 1 atom stereocenters. The highest BCUT2D eigenvalue weighted by Crippen LogP contribution is 2.31. The zero-order valence-corrected chi connectivity index (χ0v) is 11.3. The number of rotatable bonds is 5. The van der Waals surface area contributed by atoms with Crippen molar-refractivity contribution in [3.63, 3.8) is 0 Å². The second-order valence-electron chi connectivity index (χ2n) is 4.10. The standard InChI is InChI=1S/C13H15F3O4/c1-8(7-13(14,15)16)20-10-5-4-9(12(17)19-3)6-11(10)18-2/h4-6,8H,7H2,1-3H3. The van der Waals surface area contributed by atoms with Gasteiger partial charge in [0.05, 0.1) is 26.2 Å². The monoisotopic (exact) mass is 292 g/mol. The van der Waals surface area contributed by atoms with Gasteiger partial charge in [0.15, 0.2) is 11.5 Å². The summed E-state index contributed by atoms with van der Waals surface area (Å²) in [7, 11) is 2.56. The molecule has 112 valence electrons. The largest absolute Gasteiger partial charge is 0.493 e. The van der Waals surface area contributed by atoms with E-state index in [1.54, 1.807) is 0 Å². The highest BCUT2D eigenvalue weighted by atomic mass is 19.4. The third kappa shape index (κ3) is 4.64. The number of hydrogen-bond donors (Lipinski definition) is 0. The molecular weight excluding hydrogens is 277 g/mol. The maximum absolute atomic E-state index is 12.2. The highest BCUT2D eigenvalue weighted by molar-refractivity contribution is 5.90. The zero-order valence-electron chi connectivity index (χ0n) is 11.3. The summed E-state index contributed by atoms with van der Waals surface area (Å²) in [5.41, 5.74) is 0.222. The van der Waals surface area contributed by atoms with E-state index >= 15 is 0 Å². The lowest BCUT2D eigenvalue weighted by molar-refractivity contribution is -0.148. The Morgan fingerprint density at radius 1 is 1.25 bits per heavy atom. The lowest BCUT2D eigenvalue weighted by Crippen LogP contribution is -2.22. The second-order valence-corrected chi connectivity index (χ2v) is 4.10. The normalized spacial score (nSPS) is 12.7. The van der Waals surface area contributed by atoms with E-state index in [-0.39, 0.29) is 17.1 Å². The van der Waals surface area contributed by atoms with E-state index in [9.17, 15) is 18.0 Å². The number of esters is 1. The predicted octanol–water partition coefficient (Wildman–Crippen LogP) is 3.20. The van der Waals surface area contributed by atoms with Crippen LogP contribution in [0.5, 0.6) is 11.5 Å². The third-order valence-corrected chi connectivity index (χ3v) is 2.43. The molecule has 1 aromatic rings. The highest BCUT2D eigenvalue weighted by Gasteiger charge is 2.31. The molecule has 0 radical (unpaired) electrons. The Bertz CT molecular complexity index is 471. The fourth-order valence-corrected chi connectivity index (χ4v) is 1.59. The van der Waals surface area contributed by atoms with Crippen molar-refractivity contribution in [1.29, 1.82) is 0 Å². The first kappa shape index (κ1) is 16.1. The summed E-state index contributed by atoms with van der Waals surface area (Å²) in [5.74, 6) is -0.267. The van der Waals surface area contributed by atoms with Crippen molar-refractivity contribution in [2.75, 3.05) is 14.2 Å². The Labute approximate surface area is 114 Å². The number of alkyl halides is 3. The Balaban J connectivity index is 2.88. The zero-order chi connectivity index (χ0) is 15.3. The fraction of sp³-hybridized carbons (Fsp3) is 0.462. The summed E-state index contributed by atoms with van der Waals surface area (Å²) in [6.07, 6.45) is -6.44. The molecule has 1 rings (SSSR count). The van der Waals surface area contributed by atoms with E-state index in [0.29, 0.717) is 0 Å². The average molecular weight is 292 g/mol. The predicted molar refractivity (Wildman–Crippen MR) is 65.1 cm³/mol. The van der Waals surface area contributed by atoms with E-state index in [2.05, 4.69) is 4.74 Å². The van der Waals surface area contributed by atoms with Gasteiger partial charge in [0.1, 0.15) is 6.10 Å². The van der Waals surface area contributed by atoms with Crippen LogP contribution in [0.4, 0.5) is 13.2 Å². The molecule has 0 N–H and O–H groups in total. The van der Waals surface area contributed by atoms with Crippen LogP contribution in [0.2, 0.25) is 0 Å². The van der Waals surface area contributed by atoms with Crippen molar-refractivity contribution in [3.8, 4) is 11.5 Å². The Hall–Kier alpha value is -1.92. The minimum Gasteiger partial charge on any atom is -0.493 e. The molecule has 0 amide bonds. The molecule has 0 aliphatic heterocycles. The van der Waals surface area contributed by atoms with Crippen LogP contribution in [-0.4, -0.2) is 32.5 Å². The lowest BCUT2D eigenvalue weighted by atomic mass is 10.2. The molecule has 0 spiro atoms. The number of benzene rings is 1. The van der Waals surface area contributed by atoms with Crippen molar-refractivity contribution in [2.45, 2.75) is 25.6 Å². The van der Waals surface area contributed by atoms with Gasteiger partial charge >= 0.3 is 12.1 Å². The molecule has 0 bridgehead atoms. The van der Waals surface area contributed by atoms with Crippen molar-refractivity contribution in [1.82, 2.24) is 0 Å². The number of halogens is 3. The number of ether oxygens (including phenoxy) is 3. The van der Waals surface area contributed by atoms with Crippen LogP contribution in [-0.2, 0) is 4.74 Å². The molecule has 0 aliphatic rings. The number of carbonyl (C=O) groups excluding carboxylic acids is 1. The number of hydrogen-bond acceptors (Lipinski definition) is 4. The molecule has 7 heteroatoms. The molecule has 1 aromatic carbocycles. The molecular formula is C13H15F3O4. The summed E-state index contributed by atoms with van der Waals surface area (Å²) in [4.78, 5) is 11.3. The number of carbonyl (C=O) groups is 1. The van der Waals surface area contributed by atoms with Gasteiger partial charge in [0, 0.05) is 0 Å². The summed E-state index contributed by atoms with van der Waals surface area (Å²) in [6, 6.07) is 4.11. The maximum atomic E-state index is 12.2. The molecule has 0 aliphatic carbocycles. The minimum absolute atomic E-state index is 0.136. The van der Waals surface area contributed by atoms with Crippen LogP contribution in [0.3, 0.4) is 0 Å². The van der Waals surface area contributed by atoms with Crippen LogP contribution in [0.1, 0.15) is 23.7 Å². The van der Waals surface area contributed by atoms with E-state index in [1.165, 1.54) is 39.3 Å². The van der Waals surface area contributed by atoms with Gasteiger partial charge in [-0.05, 0) is 25.1 Å². The van der Waals surface area contributed by atoms with Gasteiger partial charge in [-0.1, -0.05) is 0 Å². The Morgan fingerprint density at radius 3 is 2.40 bits per heavy atom. The first-order chi connectivity index (χ1) is 9.26. The fourth-order valence-electron chi connectivity index (χ4n) is 1.59. The molecule has 4 nitrogen and oxygen atoms in total. The van der Waals surface area contributed by atoms with E-state index in [4.69, 9.17) is 9.47 Å². The van der Waals surface area contributed by atoms with Gasteiger partial charge < -0.3 is 14.2 Å². The topological polar surface area (TPSA) is 44.8 Å². The van der Waals surface area contributed by atoms with Crippen molar-refractivity contribution < 1.29 is 32.2 Å². The average Bonchev–Trinajstić information content (AvgIpc) is 2.36. The number of methoxy groups -OCH3 is 2. The van der Waals surface area contributed by atoms with Crippen LogP contribution < -0.4 is 9.47 Å². The van der Waals surface area contributed by atoms with Crippen LogP contribution in [0.15, 0.2) is 18.2 Å². The Morgan fingerprint density at radius 2 is 1.90 bits per heavy atom. The van der Waals surface area contributed by atoms with E-state index in [0.717, 1.165) is 0 Å². The molecule has 1 unspecified atom stereocenters. The van der Waals surface area contributed by atoms with Crippen LogP contribution in [0, 0.1) is 0 Å². The van der Waals surface area contributed by atoms with Gasteiger partial charge in [-0.2, -0.15) is 13.2 Å². The summed E-state index contributed by atoms with van der Waals surface area (Å²) < 4.78 is 51.4. The summed E-state index contributed by atoms with van der Waals surface area (Å²) >= 11 is 0. The smallest absolute Gasteiger partial charge is 0.392 e. The lowest BCUT2D eigenvalue weighted by Gasteiger charge is -2.18. The summed E-state index contributed by atoms with van der Waals surface area (Å²) in [6.45, 7) is 1.31. The minimum atomic E-state index is -4.31. The van der Waals surface area contributed by atoms with Crippen molar-refractivity contribution >= 4 is 5.97 Å². The first-order valence-corrected chi connectivity index (χ1v) is 5.76. The molecule has 0 aromatic heterocycles. The third-order valence-electron chi connectivity index (χ3n) is 2.43. The Kier molecular flexibility index (Phi) is 5.24. The first-order valence-electron chi connectivity index (χ1n) is 5.76. The van der Waals surface area contributed by atoms with Crippen LogP contribution in [0.25, 0.3) is 0 Å². The molecule has 0 heterocycles. The van der Waals surface area contributed by atoms with Gasteiger partial charge in [0.2, 0.25) is 0 Å². The van der Waals surface area contributed by atoms with Gasteiger partial charge in [-0.3, -0.25) is 0 Å². The molecule has 0 fully saturated rings. The SMILES string of the molecule is COC(=O)c1ccc(OC(C)CC(F)(F)F)c(OC)c1.